The zero-order valence-electron chi connectivity index (χ0n) is 18.5. The summed E-state index contributed by atoms with van der Waals surface area (Å²) >= 11 is 2.94. The molecular weight excluding hydrogens is 450 g/mol. The monoisotopic (exact) mass is 475 g/mol. The third kappa shape index (κ3) is 4.48. The van der Waals surface area contributed by atoms with E-state index in [9.17, 15) is 9.59 Å². The molecule has 7 heteroatoms. The summed E-state index contributed by atoms with van der Waals surface area (Å²) in [6.45, 7) is 2.66. The molecule has 1 aliphatic carbocycles. The molecule has 0 atom stereocenters. The second-order valence-corrected chi connectivity index (χ2v) is 10.2. The first kappa shape index (κ1) is 21.9. The molecule has 1 N–H and O–H groups in total. The summed E-state index contributed by atoms with van der Waals surface area (Å²) in [7, 11) is 0. The van der Waals surface area contributed by atoms with Crippen LogP contribution in [0.4, 0.5) is 0 Å². The fourth-order valence-corrected chi connectivity index (χ4v) is 6.48. The summed E-state index contributed by atoms with van der Waals surface area (Å²) in [5.74, 6) is 0.153. The summed E-state index contributed by atoms with van der Waals surface area (Å²) in [5.41, 5.74) is 4.38. The molecule has 2 aromatic carbocycles. The number of thioether (sulfide) groups is 1. The number of hydrogen-bond acceptors (Lipinski definition) is 5. The van der Waals surface area contributed by atoms with Crippen LogP contribution >= 0.6 is 23.1 Å². The molecule has 0 bridgehead atoms. The van der Waals surface area contributed by atoms with Crippen LogP contribution in [0, 0.1) is 6.92 Å². The van der Waals surface area contributed by atoms with Gasteiger partial charge in [-0.15, -0.1) is 11.3 Å². The molecule has 4 aromatic rings. The highest BCUT2D eigenvalue weighted by Crippen LogP contribution is 2.36. The smallest absolute Gasteiger partial charge is 0.267 e. The van der Waals surface area contributed by atoms with Crippen LogP contribution in [-0.4, -0.2) is 27.8 Å². The van der Waals surface area contributed by atoms with Crippen LogP contribution in [0.3, 0.4) is 0 Å². The fraction of sp³-hybridized carbons (Fsp3) is 0.269. The summed E-state index contributed by atoms with van der Waals surface area (Å²) < 4.78 is 1.67. The third-order valence-corrected chi connectivity index (χ3v) is 8.16. The molecule has 2 heterocycles. The first-order chi connectivity index (χ1) is 16.1. The normalized spacial score (nSPS) is 12.8. The average Bonchev–Trinajstić information content (AvgIpc) is 3.40. The van der Waals surface area contributed by atoms with E-state index in [1.54, 1.807) is 15.9 Å². The van der Waals surface area contributed by atoms with Gasteiger partial charge in [0.05, 0.1) is 16.8 Å². The minimum absolute atomic E-state index is 0.0342. The van der Waals surface area contributed by atoms with Gasteiger partial charge in [0.1, 0.15) is 4.83 Å². The van der Waals surface area contributed by atoms with Crippen molar-refractivity contribution in [2.45, 2.75) is 37.8 Å². The van der Waals surface area contributed by atoms with Crippen molar-refractivity contribution >= 4 is 39.2 Å². The lowest BCUT2D eigenvalue weighted by Gasteiger charge is -2.12. The van der Waals surface area contributed by atoms with Crippen molar-refractivity contribution in [3.05, 3.63) is 86.5 Å². The van der Waals surface area contributed by atoms with E-state index in [1.807, 2.05) is 42.5 Å². The number of carbonyl (C=O) groups excluding carboxylic acids is 1. The Kier molecular flexibility index (Phi) is 6.33. The highest BCUT2D eigenvalue weighted by Gasteiger charge is 2.24. The molecule has 0 radical (unpaired) electrons. The summed E-state index contributed by atoms with van der Waals surface area (Å²) in [6.07, 6.45) is 3.85. The van der Waals surface area contributed by atoms with Crippen LogP contribution in [-0.2, 0) is 24.1 Å². The Hall–Kier alpha value is -2.90. The van der Waals surface area contributed by atoms with Crippen LogP contribution in [0.2, 0.25) is 0 Å². The van der Waals surface area contributed by atoms with Gasteiger partial charge in [0.25, 0.3) is 5.56 Å². The van der Waals surface area contributed by atoms with Crippen LogP contribution < -0.4 is 10.9 Å². The number of thiophene rings is 1. The van der Waals surface area contributed by atoms with E-state index >= 15 is 0 Å². The maximum Gasteiger partial charge on any atom is 0.267 e. The number of benzene rings is 2. The molecule has 0 fully saturated rings. The quantitative estimate of drug-likeness (QED) is 0.311. The average molecular weight is 476 g/mol. The maximum absolute atomic E-state index is 13.6. The van der Waals surface area contributed by atoms with Gasteiger partial charge >= 0.3 is 0 Å². The topological polar surface area (TPSA) is 64.0 Å². The van der Waals surface area contributed by atoms with E-state index in [0.717, 1.165) is 41.6 Å². The fourth-order valence-electron chi connectivity index (χ4n) is 4.33. The van der Waals surface area contributed by atoms with E-state index in [1.165, 1.54) is 33.3 Å². The molecule has 33 heavy (non-hydrogen) atoms. The van der Waals surface area contributed by atoms with Crippen LogP contribution in [0.1, 0.15) is 28.0 Å². The van der Waals surface area contributed by atoms with Crippen molar-refractivity contribution in [1.82, 2.24) is 14.9 Å². The van der Waals surface area contributed by atoms with Crippen molar-refractivity contribution in [3.8, 4) is 5.69 Å². The second-order valence-electron chi connectivity index (χ2n) is 8.22. The Morgan fingerprint density at radius 1 is 1.12 bits per heavy atom. The maximum atomic E-state index is 13.6. The van der Waals surface area contributed by atoms with E-state index in [0.29, 0.717) is 11.7 Å². The molecule has 0 aliphatic heterocycles. The van der Waals surface area contributed by atoms with Gasteiger partial charge in [-0.25, -0.2) is 4.98 Å². The van der Waals surface area contributed by atoms with Crippen molar-refractivity contribution in [1.29, 1.82) is 0 Å². The van der Waals surface area contributed by atoms with Crippen molar-refractivity contribution in [2.75, 3.05) is 12.3 Å². The molecule has 0 spiro atoms. The van der Waals surface area contributed by atoms with E-state index in [4.69, 9.17) is 4.98 Å². The number of hydrogen-bond donors (Lipinski definition) is 1. The van der Waals surface area contributed by atoms with E-state index < -0.39 is 0 Å². The number of aromatic nitrogens is 2. The lowest BCUT2D eigenvalue weighted by Crippen LogP contribution is -2.28. The molecule has 168 valence electrons. The Morgan fingerprint density at radius 2 is 1.91 bits per heavy atom. The van der Waals surface area contributed by atoms with Crippen LogP contribution in [0.25, 0.3) is 15.9 Å². The van der Waals surface area contributed by atoms with Crippen LogP contribution in [0.5, 0.6) is 0 Å². The Balaban J connectivity index is 1.37. The summed E-state index contributed by atoms with van der Waals surface area (Å²) in [6, 6.07) is 17.8. The van der Waals surface area contributed by atoms with E-state index in [2.05, 4.69) is 24.4 Å². The number of carbonyl (C=O) groups is 1. The lowest BCUT2D eigenvalue weighted by atomic mass is 10.1. The minimum Gasteiger partial charge on any atom is -0.355 e. The number of fused-ring (bicyclic) bond motifs is 3. The molecule has 1 amide bonds. The molecule has 5 nitrogen and oxygen atoms in total. The number of nitrogens with one attached hydrogen (secondary N) is 1. The predicted molar refractivity (Wildman–Crippen MR) is 136 cm³/mol. The highest BCUT2D eigenvalue weighted by molar-refractivity contribution is 7.99. The van der Waals surface area contributed by atoms with Gasteiger partial charge in [-0.05, 0) is 61.4 Å². The van der Waals surface area contributed by atoms with Crippen molar-refractivity contribution in [3.63, 3.8) is 0 Å². The van der Waals surface area contributed by atoms with Gasteiger partial charge in [-0.2, -0.15) is 0 Å². The Bertz CT molecular complexity index is 1380. The Labute approximate surface area is 200 Å². The molecule has 5 rings (SSSR count). The number of nitrogens with zero attached hydrogens (tertiary/aromatic N) is 2. The van der Waals surface area contributed by atoms with Gasteiger partial charge in [0, 0.05) is 11.4 Å². The third-order valence-electron chi connectivity index (χ3n) is 6.03. The van der Waals surface area contributed by atoms with Gasteiger partial charge in [0.15, 0.2) is 5.16 Å². The van der Waals surface area contributed by atoms with Crippen molar-refractivity contribution in [2.24, 2.45) is 0 Å². The molecule has 0 saturated carbocycles. The predicted octanol–water partition coefficient (Wildman–Crippen LogP) is 4.70. The summed E-state index contributed by atoms with van der Waals surface area (Å²) in [4.78, 5) is 33.1. The first-order valence-corrected chi connectivity index (χ1v) is 13.0. The Morgan fingerprint density at radius 3 is 2.73 bits per heavy atom. The standard InChI is InChI=1S/C26H25N3O2S2/c1-17-8-5-6-9-18(17)14-15-27-22(30)16-32-26-28-24-23(20-12-7-13-21(20)33-24)25(31)29(26)19-10-3-2-4-11-19/h2-6,8-11H,7,12-16H2,1H3,(H,27,30). The first-order valence-electron chi connectivity index (χ1n) is 11.2. The van der Waals surface area contributed by atoms with Crippen LogP contribution in [0.15, 0.2) is 64.5 Å². The molecule has 1 aliphatic rings. The zero-order chi connectivity index (χ0) is 22.8. The van der Waals surface area contributed by atoms with Gasteiger partial charge in [-0.1, -0.05) is 54.2 Å². The lowest BCUT2D eigenvalue weighted by molar-refractivity contribution is -0.118. The molecule has 0 unspecified atom stereocenters. The SMILES string of the molecule is Cc1ccccc1CCNC(=O)CSc1nc2sc3c(c2c(=O)n1-c1ccccc1)CCC3. The highest BCUT2D eigenvalue weighted by atomic mass is 32.2. The molecule has 0 saturated heterocycles. The number of rotatable bonds is 7. The molecular formula is C26H25N3O2S2. The number of para-hydroxylation sites is 1. The minimum atomic E-state index is -0.0591. The van der Waals surface area contributed by atoms with Gasteiger partial charge in [-0.3, -0.25) is 14.2 Å². The number of amides is 1. The zero-order valence-corrected chi connectivity index (χ0v) is 20.1. The molecule has 2 aromatic heterocycles. The summed E-state index contributed by atoms with van der Waals surface area (Å²) in [5, 5.41) is 4.31. The largest absolute Gasteiger partial charge is 0.355 e. The van der Waals surface area contributed by atoms with Gasteiger partial charge < -0.3 is 5.32 Å². The van der Waals surface area contributed by atoms with E-state index in [-0.39, 0.29) is 17.2 Å². The second kappa shape index (κ2) is 9.53. The number of aryl methyl sites for hydroxylation is 3. The van der Waals surface area contributed by atoms with Gasteiger partial charge in [0.2, 0.25) is 5.91 Å². The van der Waals surface area contributed by atoms with Crippen molar-refractivity contribution < 1.29 is 4.79 Å².